The Labute approximate surface area is 178 Å². The van der Waals surface area contributed by atoms with Gasteiger partial charge in [-0.3, -0.25) is 9.59 Å². The van der Waals surface area contributed by atoms with E-state index in [-0.39, 0.29) is 18.2 Å². The topological polar surface area (TPSA) is 80.8 Å². The zero-order chi connectivity index (χ0) is 21.4. The van der Waals surface area contributed by atoms with Crippen LogP contribution in [0.5, 0.6) is 11.5 Å². The highest BCUT2D eigenvalue weighted by atomic mass is 32.1. The van der Waals surface area contributed by atoms with Gasteiger partial charge in [-0.15, -0.1) is 0 Å². The fraction of sp³-hybridized carbons (Fsp3) is 0.318. The quantitative estimate of drug-likeness (QED) is 0.673. The number of rotatable bonds is 5. The van der Waals surface area contributed by atoms with E-state index in [0.29, 0.717) is 16.6 Å². The van der Waals surface area contributed by atoms with Crippen LogP contribution in [-0.4, -0.2) is 43.0 Å². The van der Waals surface area contributed by atoms with E-state index in [2.05, 4.69) is 10.3 Å². The Morgan fingerprint density at radius 2 is 2.03 bits per heavy atom. The van der Waals surface area contributed by atoms with Crippen LogP contribution in [0, 0.1) is 12.8 Å². The molecule has 1 aromatic heterocycles. The van der Waals surface area contributed by atoms with Gasteiger partial charge in [0, 0.05) is 19.0 Å². The lowest BCUT2D eigenvalue weighted by atomic mass is 9.92. The number of benzene rings is 2. The number of amides is 2. The van der Waals surface area contributed by atoms with Gasteiger partial charge in [-0.25, -0.2) is 4.98 Å². The number of para-hydroxylation sites is 1. The van der Waals surface area contributed by atoms with Crippen molar-refractivity contribution >= 4 is 38.5 Å². The number of hydrogen-bond donors (Lipinski definition) is 1. The smallest absolute Gasteiger partial charge is 0.232 e. The number of hydrogen-bond acceptors (Lipinski definition) is 6. The molecule has 30 heavy (non-hydrogen) atoms. The van der Waals surface area contributed by atoms with Gasteiger partial charge in [0.2, 0.25) is 11.8 Å². The van der Waals surface area contributed by atoms with Crippen LogP contribution in [0.1, 0.15) is 23.6 Å². The van der Waals surface area contributed by atoms with Gasteiger partial charge in [0.1, 0.15) is 0 Å². The lowest BCUT2D eigenvalue weighted by molar-refractivity contribution is -0.128. The van der Waals surface area contributed by atoms with Crippen LogP contribution >= 0.6 is 11.3 Å². The van der Waals surface area contributed by atoms with E-state index in [9.17, 15) is 9.59 Å². The largest absolute Gasteiger partial charge is 0.493 e. The fourth-order valence-electron chi connectivity index (χ4n) is 3.96. The van der Waals surface area contributed by atoms with E-state index in [0.717, 1.165) is 21.3 Å². The predicted molar refractivity (Wildman–Crippen MR) is 116 cm³/mol. The summed E-state index contributed by atoms with van der Waals surface area (Å²) in [6.07, 6.45) is 0.122. The monoisotopic (exact) mass is 425 g/mol. The number of anilines is 1. The fourth-order valence-corrected chi connectivity index (χ4v) is 4.93. The van der Waals surface area contributed by atoms with E-state index in [1.54, 1.807) is 32.2 Å². The molecule has 1 N–H and O–H groups in total. The van der Waals surface area contributed by atoms with Crippen molar-refractivity contribution in [1.29, 1.82) is 0 Å². The first-order chi connectivity index (χ1) is 14.4. The Hall–Kier alpha value is -3.13. The molecule has 0 bridgehead atoms. The van der Waals surface area contributed by atoms with Gasteiger partial charge in [-0.05, 0) is 30.7 Å². The molecule has 2 heterocycles. The van der Waals surface area contributed by atoms with Crippen molar-refractivity contribution in [3.63, 3.8) is 0 Å². The number of thiazole rings is 1. The zero-order valence-electron chi connectivity index (χ0n) is 17.3. The molecule has 0 unspecified atom stereocenters. The molecule has 2 atom stereocenters. The van der Waals surface area contributed by atoms with Crippen molar-refractivity contribution in [2.24, 2.45) is 5.92 Å². The molecule has 0 spiro atoms. The first kappa shape index (κ1) is 20.2. The van der Waals surface area contributed by atoms with Crippen molar-refractivity contribution in [3.05, 3.63) is 47.5 Å². The second kappa shape index (κ2) is 7.95. The molecule has 0 aliphatic carbocycles. The molecule has 1 aliphatic heterocycles. The third kappa shape index (κ3) is 3.47. The van der Waals surface area contributed by atoms with E-state index >= 15 is 0 Å². The maximum atomic E-state index is 13.2. The SMILES string of the molecule is COc1cccc([C@H]2[C@H](C(=O)Nc3nc4ccc(C)cc4s3)CC(=O)N2C)c1OC. The minimum Gasteiger partial charge on any atom is -0.493 e. The molecule has 8 heteroatoms. The van der Waals surface area contributed by atoms with Crippen LogP contribution < -0.4 is 14.8 Å². The summed E-state index contributed by atoms with van der Waals surface area (Å²) in [6.45, 7) is 2.02. The average molecular weight is 426 g/mol. The van der Waals surface area contributed by atoms with E-state index in [1.807, 2.05) is 37.3 Å². The van der Waals surface area contributed by atoms with Crippen molar-refractivity contribution in [2.45, 2.75) is 19.4 Å². The Kier molecular flexibility index (Phi) is 5.34. The van der Waals surface area contributed by atoms with Gasteiger partial charge < -0.3 is 19.7 Å². The standard InChI is InChI=1S/C22H23N3O4S/c1-12-8-9-15-17(10-12)30-22(23-15)24-21(27)14-11-18(26)25(2)19(14)13-6-5-7-16(28-3)20(13)29-4/h5-10,14,19H,11H2,1-4H3,(H,23,24,27)/t14-,19+/m1/s1. The molecule has 1 aliphatic rings. The maximum Gasteiger partial charge on any atom is 0.232 e. The van der Waals surface area contributed by atoms with Crippen LogP contribution in [0.2, 0.25) is 0 Å². The summed E-state index contributed by atoms with van der Waals surface area (Å²) in [7, 11) is 4.82. The highest BCUT2D eigenvalue weighted by Gasteiger charge is 2.44. The minimum atomic E-state index is -0.572. The molecule has 3 aromatic rings. The lowest BCUT2D eigenvalue weighted by Crippen LogP contribution is -2.30. The summed E-state index contributed by atoms with van der Waals surface area (Å²) in [5.74, 6) is 0.184. The average Bonchev–Trinajstić information content (AvgIpc) is 3.26. The second-order valence-electron chi connectivity index (χ2n) is 7.32. The molecule has 2 aromatic carbocycles. The van der Waals surface area contributed by atoms with E-state index < -0.39 is 12.0 Å². The predicted octanol–water partition coefficient (Wildman–Crippen LogP) is 3.78. The number of carbonyl (C=O) groups is 2. The van der Waals surface area contributed by atoms with E-state index in [1.165, 1.54) is 11.3 Å². The van der Waals surface area contributed by atoms with Crippen LogP contribution in [0.25, 0.3) is 10.2 Å². The number of carbonyl (C=O) groups excluding carboxylic acids is 2. The number of methoxy groups -OCH3 is 2. The summed E-state index contributed by atoms with van der Waals surface area (Å²) in [4.78, 5) is 31.8. The van der Waals surface area contributed by atoms with Gasteiger partial charge >= 0.3 is 0 Å². The van der Waals surface area contributed by atoms with Crippen LogP contribution in [-0.2, 0) is 9.59 Å². The Bertz CT molecular complexity index is 1130. The molecule has 4 rings (SSSR count). The molecule has 1 fully saturated rings. The summed E-state index contributed by atoms with van der Waals surface area (Å²) in [5.41, 5.74) is 2.72. The third-order valence-electron chi connectivity index (χ3n) is 5.45. The molecular weight excluding hydrogens is 402 g/mol. The Balaban J connectivity index is 1.66. The number of aryl methyl sites for hydroxylation is 1. The van der Waals surface area contributed by atoms with Gasteiger partial charge in [-0.1, -0.05) is 29.5 Å². The normalized spacial score (nSPS) is 18.7. The molecule has 0 radical (unpaired) electrons. The van der Waals surface area contributed by atoms with Crippen LogP contribution in [0.15, 0.2) is 36.4 Å². The van der Waals surface area contributed by atoms with Crippen LogP contribution in [0.4, 0.5) is 5.13 Å². The lowest BCUT2D eigenvalue weighted by Gasteiger charge is -2.26. The summed E-state index contributed by atoms with van der Waals surface area (Å²) in [6, 6.07) is 11.0. The number of ether oxygens (including phenoxy) is 2. The van der Waals surface area contributed by atoms with Crippen molar-refractivity contribution in [3.8, 4) is 11.5 Å². The van der Waals surface area contributed by atoms with Gasteiger partial charge in [-0.2, -0.15) is 0 Å². The molecule has 7 nitrogen and oxygen atoms in total. The molecular formula is C22H23N3O4S. The van der Waals surface area contributed by atoms with Crippen LogP contribution in [0.3, 0.4) is 0 Å². The van der Waals surface area contributed by atoms with Crippen molar-refractivity contribution < 1.29 is 19.1 Å². The Morgan fingerprint density at radius 3 is 2.77 bits per heavy atom. The number of likely N-dealkylation sites (tertiary alicyclic amines) is 1. The molecule has 156 valence electrons. The first-order valence-electron chi connectivity index (χ1n) is 9.57. The summed E-state index contributed by atoms with van der Waals surface area (Å²) >= 11 is 1.42. The number of aromatic nitrogens is 1. The van der Waals surface area contributed by atoms with Gasteiger partial charge in [0.05, 0.1) is 36.4 Å². The second-order valence-corrected chi connectivity index (χ2v) is 8.35. The highest BCUT2D eigenvalue weighted by molar-refractivity contribution is 7.22. The number of nitrogens with zero attached hydrogens (tertiary/aromatic N) is 2. The summed E-state index contributed by atoms with van der Waals surface area (Å²) < 4.78 is 12.0. The summed E-state index contributed by atoms with van der Waals surface area (Å²) in [5, 5.41) is 3.44. The molecule has 1 saturated heterocycles. The van der Waals surface area contributed by atoms with E-state index in [4.69, 9.17) is 9.47 Å². The molecule has 0 saturated carbocycles. The van der Waals surface area contributed by atoms with Gasteiger partial charge in [0.15, 0.2) is 16.6 Å². The third-order valence-corrected chi connectivity index (χ3v) is 6.38. The minimum absolute atomic E-state index is 0.0926. The number of fused-ring (bicyclic) bond motifs is 1. The van der Waals surface area contributed by atoms with Crippen molar-refractivity contribution in [1.82, 2.24) is 9.88 Å². The zero-order valence-corrected chi connectivity index (χ0v) is 18.1. The molecule has 2 amide bonds. The Morgan fingerprint density at radius 1 is 1.23 bits per heavy atom. The first-order valence-corrected chi connectivity index (χ1v) is 10.4. The highest BCUT2D eigenvalue weighted by Crippen LogP contribution is 2.44. The van der Waals surface area contributed by atoms with Crippen molar-refractivity contribution in [2.75, 3.05) is 26.6 Å². The maximum absolute atomic E-state index is 13.2. The number of nitrogens with one attached hydrogen (secondary N) is 1. The van der Waals surface area contributed by atoms with Gasteiger partial charge in [0.25, 0.3) is 0 Å².